The first-order valence-electron chi connectivity index (χ1n) is 3.13. The van der Waals surface area contributed by atoms with E-state index in [2.05, 4.69) is 13.2 Å². The van der Waals surface area contributed by atoms with Crippen LogP contribution in [0.3, 0.4) is 0 Å². The lowest BCUT2D eigenvalue weighted by Crippen LogP contribution is -2.05. The standard InChI is InChI=1S/C8H14O/c1-4-5-6-8(9)7(2)3/h4,8-9H,1-2,5-6H2,3H3. The highest BCUT2D eigenvalue weighted by molar-refractivity contribution is 4.96. The van der Waals surface area contributed by atoms with Gasteiger partial charge in [-0.1, -0.05) is 18.2 Å². The Balaban J connectivity index is 3.37. The van der Waals surface area contributed by atoms with Crippen LogP contribution in [0.4, 0.5) is 0 Å². The van der Waals surface area contributed by atoms with Gasteiger partial charge in [0.1, 0.15) is 0 Å². The summed E-state index contributed by atoms with van der Waals surface area (Å²) in [6.45, 7) is 9.00. The van der Waals surface area contributed by atoms with Crippen LogP contribution in [0.25, 0.3) is 0 Å². The Morgan fingerprint density at radius 2 is 2.33 bits per heavy atom. The van der Waals surface area contributed by atoms with Gasteiger partial charge < -0.3 is 5.11 Å². The first-order valence-corrected chi connectivity index (χ1v) is 3.13. The lowest BCUT2D eigenvalue weighted by Gasteiger charge is -2.06. The maximum Gasteiger partial charge on any atom is 0.0747 e. The fourth-order valence-corrected chi connectivity index (χ4v) is 0.522. The second-order valence-corrected chi connectivity index (χ2v) is 2.23. The molecule has 0 rings (SSSR count). The third kappa shape index (κ3) is 3.98. The van der Waals surface area contributed by atoms with Crippen molar-refractivity contribution in [2.75, 3.05) is 0 Å². The molecule has 0 aromatic rings. The molecule has 1 N–H and O–H groups in total. The van der Waals surface area contributed by atoms with Gasteiger partial charge in [-0.3, -0.25) is 0 Å². The minimum absolute atomic E-state index is 0.344. The predicted molar refractivity (Wildman–Crippen MR) is 40.3 cm³/mol. The quantitative estimate of drug-likeness (QED) is 0.570. The van der Waals surface area contributed by atoms with Gasteiger partial charge in [0.25, 0.3) is 0 Å². The number of allylic oxidation sites excluding steroid dienone is 1. The van der Waals surface area contributed by atoms with Crippen molar-refractivity contribution >= 4 is 0 Å². The molecule has 0 bridgehead atoms. The number of aliphatic hydroxyl groups is 1. The monoisotopic (exact) mass is 126 g/mol. The number of hydrogen-bond acceptors (Lipinski definition) is 1. The number of aliphatic hydroxyl groups excluding tert-OH is 1. The first kappa shape index (κ1) is 8.44. The highest BCUT2D eigenvalue weighted by Crippen LogP contribution is 2.04. The molecule has 0 aromatic heterocycles. The molecule has 1 atom stereocenters. The van der Waals surface area contributed by atoms with Crippen LogP contribution in [0.1, 0.15) is 19.8 Å². The molecule has 9 heavy (non-hydrogen) atoms. The van der Waals surface area contributed by atoms with E-state index < -0.39 is 0 Å². The third-order valence-corrected chi connectivity index (χ3v) is 1.21. The van der Waals surface area contributed by atoms with Crippen molar-refractivity contribution < 1.29 is 5.11 Å². The molecular weight excluding hydrogens is 112 g/mol. The molecule has 0 aromatic carbocycles. The summed E-state index contributed by atoms with van der Waals surface area (Å²) in [7, 11) is 0. The van der Waals surface area contributed by atoms with E-state index in [1.165, 1.54) is 0 Å². The van der Waals surface area contributed by atoms with Gasteiger partial charge >= 0.3 is 0 Å². The highest BCUT2D eigenvalue weighted by Gasteiger charge is 2.00. The second kappa shape index (κ2) is 4.33. The molecule has 0 saturated heterocycles. The molecular formula is C8H14O. The molecule has 0 amide bonds. The largest absolute Gasteiger partial charge is 0.389 e. The molecule has 0 saturated carbocycles. The van der Waals surface area contributed by atoms with E-state index in [0.29, 0.717) is 0 Å². The van der Waals surface area contributed by atoms with E-state index in [-0.39, 0.29) is 6.10 Å². The molecule has 0 radical (unpaired) electrons. The smallest absolute Gasteiger partial charge is 0.0747 e. The van der Waals surface area contributed by atoms with E-state index in [1.807, 2.05) is 6.92 Å². The molecule has 0 spiro atoms. The van der Waals surface area contributed by atoms with Crippen LogP contribution in [0.2, 0.25) is 0 Å². The Morgan fingerprint density at radius 1 is 1.78 bits per heavy atom. The van der Waals surface area contributed by atoms with Crippen molar-refractivity contribution in [1.82, 2.24) is 0 Å². The second-order valence-electron chi connectivity index (χ2n) is 2.23. The number of rotatable bonds is 4. The van der Waals surface area contributed by atoms with Crippen molar-refractivity contribution in [3.05, 3.63) is 24.8 Å². The van der Waals surface area contributed by atoms with Crippen molar-refractivity contribution in [3.8, 4) is 0 Å². The molecule has 0 aliphatic heterocycles. The summed E-state index contributed by atoms with van der Waals surface area (Å²) in [6.07, 6.45) is 3.06. The van der Waals surface area contributed by atoms with E-state index in [1.54, 1.807) is 6.08 Å². The van der Waals surface area contributed by atoms with Gasteiger partial charge in [-0.05, 0) is 19.8 Å². The maximum atomic E-state index is 9.11. The van der Waals surface area contributed by atoms with Gasteiger partial charge in [0.05, 0.1) is 6.10 Å². The SMILES string of the molecule is C=CCCC(O)C(=C)C. The zero-order chi connectivity index (χ0) is 7.28. The zero-order valence-electron chi connectivity index (χ0n) is 5.93. The summed E-state index contributed by atoms with van der Waals surface area (Å²) in [6, 6.07) is 0. The van der Waals surface area contributed by atoms with Crippen LogP contribution < -0.4 is 0 Å². The topological polar surface area (TPSA) is 20.2 Å². The van der Waals surface area contributed by atoms with E-state index in [0.717, 1.165) is 18.4 Å². The average Bonchev–Trinajstić information content (AvgIpc) is 1.82. The maximum absolute atomic E-state index is 9.11. The first-order chi connectivity index (χ1) is 4.18. The van der Waals surface area contributed by atoms with Crippen molar-refractivity contribution in [3.63, 3.8) is 0 Å². The molecule has 1 heteroatoms. The fourth-order valence-electron chi connectivity index (χ4n) is 0.522. The Kier molecular flexibility index (Phi) is 4.06. The lowest BCUT2D eigenvalue weighted by molar-refractivity contribution is 0.202. The summed E-state index contributed by atoms with van der Waals surface area (Å²) < 4.78 is 0. The summed E-state index contributed by atoms with van der Waals surface area (Å²) in [4.78, 5) is 0. The molecule has 0 heterocycles. The van der Waals surface area contributed by atoms with Crippen LogP contribution >= 0.6 is 0 Å². The molecule has 1 nitrogen and oxygen atoms in total. The molecule has 0 fully saturated rings. The fraction of sp³-hybridized carbons (Fsp3) is 0.500. The predicted octanol–water partition coefficient (Wildman–Crippen LogP) is 1.89. The Bertz CT molecular complexity index is 105. The number of hydrogen-bond donors (Lipinski definition) is 1. The summed E-state index contributed by atoms with van der Waals surface area (Å²) >= 11 is 0. The van der Waals surface area contributed by atoms with Crippen molar-refractivity contribution in [1.29, 1.82) is 0 Å². The van der Waals surface area contributed by atoms with Crippen LogP contribution in [0.5, 0.6) is 0 Å². The summed E-state index contributed by atoms with van der Waals surface area (Å²) in [5.74, 6) is 0. The van der Waals surface area contributed by atoms with Gasteiger partial charge in [-0.2, -0.15) is 0 Å². The van der Waals surface area contributed by atoms with E-state index >= 15 is 0 Å². The van der Waals surface area contributed by atoms with Crippen LogP contribution in [-0.4, -0.2) is 11.2 Å². The van der Waals surface area contributed by atoms with Gasteiger partial charge in [0.2, 0.25) is 0 Å². The normalized spacial score (nSPS) is 12.7. The average molecular weight is 126 g/mol. The van der Waals surface area contributed by atoms with Gasteiger partial charge in [-0.15, -0.1) is 6.58 Å². The molecule has 0 aliphatic carbocycles. The van der Waals surface area contributed by atoms with Crippen LogP contribution in [0.15, 0.2) is 24.8 Å². The Hall–Kier alpha value is -0.560. The molecule has 52 valence electrons. The van der Waals surface area contributed by atoms with E-state index in [4.69, 9.17) is 5.11 Å². The van der Waals surface area contributed by atoms with E-state index in [9.17, 15) is 0 Å². The van der Waals surface area contributed by atoms with Crippen LogP contribution in [0, 0.1) is 0 Å². The Morgan fingerprint density at radius 3 is 2.67 bits per heavy atom. The van der Waals surface area contributed by atoms with Gasteiger partial charge in [0, 0.05) is 0 Å². The highest BCUT2D eigenvalue weighted by atomic mass is 16.3. The van der Waals surface area contributed by atoms with Crippen molar-refractivity contribution in [2.24, 2.45) is 0 Å². The summed E-state index contributed by atoms with van der Waals surface area (Å²) in [5.41, 5.74) is 0.830. The summed E-state index contributed by atoms with van der Waals surface area (Å²) in [5, 5.41) is 9.11. The van der Waals surface area contributed by atoms with Crippen molar-refractivity contribution in [2.45, 2.75) is 25.9 Å². The van der Waals surface area contributed by atoms with Gasteiger partial charge in [0.15, 0.2) is 0 Å². The van der Waals surface area contributed by atoms with Gasteiger partial charge in [-0.25, -0.2) is 0 Å². The van der Waals surface area contributed by atoms with Crippen LogP contribution in [-0.2, 0) is 0 Å². The zero-order valence-corrected chi connectivity index (χ0v) is 5.93. The Labute approximate surface area is 56.7 Å². The minimum Gasteiger partial charge on any atom is -0.389 e. The molecule has 0 aliphatic rings. The lowest BCUT2D eigenvalue weighted by atomic mass is 10.1. The third-order valence-electron chi connectivity index (χ3n) is 1.21. The minimum atomic E-state index is -0.344. The molecule has 1 unspecified atom stereocenters.